The van der Waals surface area contributed by atoms with Gasteiger partial charge < -0.3 is 48.8 Å². The van der Waals surface area contributed by atoms with Crippen LogP contribution in [0.5, 0.6) is 0 Å². The maximum atomic E-state index is 15.1. The molecule has 2 fully saturated rings. The van der Waals surface area contributed by atoms with Gasteiger partial charge in [-0.3, -0.25) is 33.3 Å². The van der Waals surface area contributed by atoms with Crippen LogP contribution in [0, 0.1) is 0 Å². The molecule has 0 radical (unpaired) electrons. The SMILES string of the molecule is CCCCCCCCCCCC(=O)O[C@H](CCCCCCCCCCC)CC(=O)NC1[C@H](CC[C@@H]2CCCN2C(=O)C[C@@H](CCCCCCCCCCC)OC(=O)CCCCCCCCCCC)OC(CO)[C@@H](OP(=O)(O)O)[C@@H]1OC(=O)C[C@@H](CCCCCCCCCCC)OC(=O)CCCCCCCCCCC. The highest BCUT2D eigenvalue weighted by molar-refractivity contribution is 7.46. The minimum atomic E-state index is -5.44. The second-order valence-electron chi connectivity index (χ2n) is 33.0. The monoisotopic (exact) mass is 1570 g/mol. The van der Waals surface area contributed by atoms with Crippen LogP contribution in [0.2, 0.25) is 0 Å². The fraction of sp³-hybridized carbons (Fsp3) is 0.933. The Morgan fingerprint density at radius 1 is 0.394 bits per heavy atom. The number of phosphoric ester groups is 1. The van der Waals surface area contributed by atoms with Gasteiger partial charge in [0.15, 0.2) is 6.10 Å². The first-order valence-electron chi connectivity index (χ1n) is 46.4. The molecule has 2 amide bonds. The van der Waals surface area contributed by atoms with Crippen molar-refractivity contribution in [2.75, 3.05) is 13.2 Å². The number of carbonyl (C=O) groups excluding carboxylic acids is 6. The second-order valence-corrected chi connectivity index (χ2v) is 34.2. The van der Waals surface area contributed by atoms with E-state index in [-0.39, 0.29) is 62.4 Å². The molecular weight excluding hydrogens is 1400 g/mol. The Labute approximate surface area is 666 Å². The number of hydrogen-bond acceptors (Lipinski definition) is 14. The lowest BCUT2D eigenvalue weighted by atomic mass is 9.88. The minimum Gasteiger partial charge on any atom is -0.462 e. The first kappa shape index (κ1) is 102. The van der Waals surface area contributed by atoms with Crippen molar-refractivity contribution in [3.63, 3.8) is 0 Å². The van der Waals surface area contributed by atoms with Crippen molar-refractivity contribution in [2.45, 2.75) is 527 Å². The maximum Gasteiger partial charge on any atom is 0.470 e. The van der Waals surface area contributed by atoms with Gasteiger partial charge in [-0.15, -0.1) is 0 Å². The number of unbranched alkanes of at least 4 members (excludes halogenated alkanes) is 48. The Morgan fingerprint density at radius 2 is 0.706 bits per heavy atom. The van der Waals surface area contributed by atoms with Crippen LogP contribution in [0.25, 0.3) is 0 Å². The molecule has 19 heteroatoms. The number of aliphatic hydroxyl groups excluding tert-OH is 1. The third-order valence-corrected chi connectivity index (χ3v) is 23.3. The molecule has 0 aromatic heterocycles. The summed E-state index contributed by atoms with van der Waals surface area (Å²) in [4.78, 5) is 109. The van der Waals surface area contributed by atoms with Crippen LogP contribution in [-0.4, -0.2) is 123 Å². The molecule has 0 aromatic carbocycles. The predicted octanol–water partition coefficient (Wildman–Crippen LogP) is 23.8. The van der Waals surface area contributed by atoms with Gasteiger partial charge in [-0.05, 0) is 83.5 Å². The molecule has 0 saturated carbocycles. The van der Waals surface area contributed by atoms with Crippen molar-refractivity contribution in [1.29, 1.82) is 0 Å². The van der Waals surface area contributed by atoms with E-state index in [1.54, 1.807) is 0 Å². The Bertz CT molecular complexity index is 2250. The molecule has 2 rings (SSSR count). The van der Waals surface area contributed by atoms with Crippen LogP contribution in [0.3, 0.4) is 0 Å². The lowest BCUT2D eigenvalue weighted by Gasteiger charge is -2.46. The average molecular weight is 1570 g/mol. The molecule has 0 aliphatic carbocycles. The van der Waals surface area contributed by atoms with Gasteiger partial charge in [-0.2, -0.15) is 0 Å². The van der Waals surface area contributed by atoms with E-state index < -0.39 is 81.0 Å². The topological polar surface area (TPSA) is 251 Å². The summed E-state index contributed by atoms with van der Waals surface area (Å²) in [5.74, 6) is -2.63. The Morgan fingerprint density at radius 3 is 1.04 bits per heavy atom. The summed E-state index contributed by atoms with van der Waals surface area (Å²) in [6.45, 7) is 13.0. The number of nitrogens with zero attached hydrogens (tertiary/aromatic N) is 1. The summed E-state index contributed by atoms with van der Waals surface area (Å²) in [6, 6.07) is -1.66. The zero-order valence-corrected chi connectivity index (χ0v) is 71.9. The number of hydrogen-bond donors (Lipinski definition) is 4. The highest BCUT2D eigenvalue weighted by Gasteiger charge is 2.52. The molecule has 4 N–H and O–H groups in total. The molecule has 2 saturated heterocycles. The van der Waals surface area contributed by atoms with E-state index in [1.165, 1.54) is 180 Å². The first-order valence-corrected chi connectivity index (χ1v) is 47.9. The number of rotatable bonds is 77. The van der Waals surface area contributed by atoms with Crippen LogP contribution in [0.4, 0.5) is 0 Å². The third-order valence-electron chi connectivity index (χ3n) is 22.8. The standard InChI is InChI=1S/C90H169N2O16P/c1-7-13-19-25-31-37-43-49-55-63-77(103-84(96)66-58-52-46-40-34-28-22-16-10-4)72-82(94)91-88-80(70-69-76-62-61-71-92(76)83(95)73-78(64-56-50-44-38-32-26-20-14-8-2)104-85(97)67-59-53-47-41-35-29-23-17-11-5)106-81(75-93)89(108-109(100,101)102)90(88)107-87(99)74-79(65-57-51-45-39-33-27-21-15-9-3)105-86(98)68-60-54-48-42-36-30-24-18-12-6/h76-81,88-90,93H,7-75H2,1-6H3,(H,91,94)(H2,100,101,102)/t76-,77+,78+,79+,80-,81?,88?,89+,90+/m0/s1. The molecule has 9 atom stereocenters. The maximum absolute atomic E-state index is 15.1. The number of ether oxygens (including phenoxy) is 5. The van der Waals surface area contributed by atoms with Crippen LogP contribution in [0.15, 0.2) is 0 Å². The molecule has 18 nitrogen and oxygen atoms in total. The van der Waals surface area contributed by atoms with Crippen LogP contribution in [-0.2, 0) is 61.5 Å². The van der Waals surface area contributed by atoms with Gasteiger partial charge in [-0.25, -0.2) is 4.57 Å². The van der Waals surface area contributed by atoms with E-state index in [9.17, 15) is 43.4 Å². The van der Waals surface area contributed by atoms with Crippen LogP contribution < -0.4 is 5.32 Å². The van der Waals surface area contributed by atoms with E-state index in [4.69, 9.17) is 28.2 Å². The predicted molar refractivity (Wildman–Crippen MR) is 443 cm³/mol. The lowest BCUT2D eigenvalue weighted by molar-refractivity contribution is -0.210. The number of carbonyl (C=O) groups is 6. The zero-order chi connectivity index (χ0) is 79.5. The normalized spacial score (nSPS) is 18.2. The summed E-state index contributed by atoms with van der Waals surface area (Å²) < 4.78 is 50.3. The highest BCUT2D eigenvalue weighted by atomic mass is 31.2. The summed E-state index contributed by atoms with van der Waals surface area (Å²) >= 11 is 0. The van der Waals surface area contributed by atoms with Gasteiger partial charge in [0.25, 0.3) is 0 Å². The van der Waals surface area contributed by atoms with Gasteiger partial charge >= 0.3 is 31.7 Å². The van der Waals surface area contributed by atoms with Gasteiger partial charge in [0.1, 0.15) is 30.5 Å². The quantitative estimate of drug-likeness (QED) is 0.0191. The van der Waals surface area contributed by atoms with Gasteiger partial charge in [0.2, 0.25) is 11.8 Å². The summed E-state index contributed by atoms with van der Waals surface area (Å²) in [5.41, 5.74) is 0. The molecule has 2 aliphatic heterocycles. The number of phosphoric acid groups is 1. The number of likely N-dealkylation sites (tertiary alicyclic amines) is 1. The number of aliphatic hydroxyl groups is 1. The largest absolute Gasteiger partial charge is 0.470 e. The Hall–Kier alpha value is -3.15. The Kier molecular flexibility index (Phi) is 65.7. The fourth-order valence-corrected chi connectivity index (χ4v) is 16.7. The van der Waals surface area contributed by atoms with Crippen LogP contribution in [0.1, 0.15) is 472 Å². The van der Waals surface area contributed by atoms with Crippen molar-refractivity contribution >= 4 is 43.5 Å². The number of esters is 4. The van der Waals surface area contributed by atoms with Gasteiger partial charge in [0.05, 0.1) is 38.0 Å². The molecule has 109 heavy (non-hydrogen) atoms. The molecule has 0 aromatic rings. The van der Waals surface area contributed by atoms with Crippen molar-refractivity contribution in [1.82, 2.24) is 10.2 Å². The second kappa shape index (κ2) is 70.3. The first-order chi connectivity index (χ1) is 53.0. The average Bonchev–Trinajstić information content (AvgIpc) is 0.793. The number of amides is 2. The van der Waals surface area contributed by atoms with E-state index in [0.29, 0.717) is 77.2 Å². The van der Waals surface area contributed by atoms with Gasteiger partial charge in [-0.1, -0.05) is 350 Å². The van der Waals surface area contributed by atoms with E-state index in [0.717, 1.165) is 141 Å². The molecule has 0 spiro atoms. The molecule has 0 bridgehead atoms. The van der Waals surface area contributed by atoms with Crippen molar-refractivity contribution in [3.05, 3.63) is 0 Å². The lowest BCUT2D eigenvalue weighted by Crippen LogP contribution is -2.66. The Balaban J connectivity index is 2.62. The molecule has 2 aliphatic rings. The van der Waals surface area contributed by atoms with Crippen molar-refractivity contribution in [2.24, 2.45) is 0 Å². The smallest absolute Gasteiger partial charge is 0.462 e. The summed E-state index contributed by atoms with van der Waals surface area (Å²) in [5, 5.41) is 14.2. The van der Waals surface area contributed by atoms with Crippen molar-refractivity contribution in [3.8, 4) is 0 Å². The summed E-state index contributed by atoms with van der Waals surface area (Å²) in [7, 11) is -5.44. The minimum absolute atomic E-state index is 0.0420. The molecule has 640 valence electrons. The number of nitrogens with one attached hydrogen (secondary N) is 1. The van der Waals surface area contributed by atoms with Crippen LogP contribution >= 0.6 is 7.82 Å². The highest BCUT2D eigenvalue weighted by Crippen LogP contribution is 2.43. The van der Waals surface area contributed by atoms with E-state index >= 15 is 4.79 Å². The zero-order valence-electron chi connectivity index (χ0n) is 71.0. The summed E-state index contributed by atoms with van der Waals surface area (Å²) in [6.07, 6.45) is 54.1. The molecule has 2 unspecified atom stereocenters. The van der Waals surface area contributed by atoms with Gasteiger partial charge in [0, 0.05) is 31.8 Å². The third kappa shape index (κ3) is 55.9. The molecule has 2 heterocycles. The fourth-order valence-electron chi connectivity index (χ4n) is 16.1. The molecular formula is C90H169N2O16P. The van der Waals surface area contributed by atoms with Crippen molar-refractivity contribution < 1.29 is 76.4 Å². The van der Waals surface area contributed by atoms with E-state index in [2.05, 4.69) is 46.9 Å². The van der Waals surface area contributed by atoms with E-state index in [1.807, 2.05) is 4.90 Å².